The van der Waals surface area contributed by atoms with E-state index in [1.165, 1.54) is 16.7 Å². The van der Waals surface area contributed by atoms with Gasteiger partial charge in [0, 0.05) is 6.54 Å². The summed E-state index contributed by atoms with van der Waals surface area (Å²) in [5.41, 5.74) is 10.6. The molecule has 1 aliphatic rings. The van der Waals surface area contributed by atoms with Gasteiger partial charge in [-0.2, -0.15) is 11.8 Å². The van der Waals surface area contributed by atoms with Gasteiger partial charge in [0.05, 0.1) is 13.0 Å². The van der Waals surface area contributed by atoms with E-state index in [2.05, 4.69) is 10.6 Å². The summed E-state index contributed by atoms with van der Waals surface area (Å²) in [4.78, 5) is 61.5. The van der Waals surface area contributed by atoms with E-state index in [9.17, 15) is 29.1 Å². The molecule has 0 aromatic rings. The van der Waals surface area contributed by atoms with Crippen molar-refractivity contribution in [1.29, 1.82) is 0 Å². The molecule has 4 unspecified atom stereocenters. The molecule has 0 aromatic heterocycles. The van der Waals surface area contributed by atoms with Crippen LogP contribution in [0.1, 0.15) is 25.7 Å². The second kappa shape index (κ2) is 12.3. The first-order valence-corrected chi connectivity index (χ1v) is 10.8. The Morgan fingerprint density at radius 1 is 1.20 bits per heavy atom. The molecule has 1 fully saturated rings. The van der Waals surface area contributed by atoms with E-state index < -0.39 is 66.8 Å². The molecule has 1 aliphatic heterocycles. The number of aliphatic carboxylic acids is 1. The number of primary amides is 1. The number of carbonyl (C=O) groups excluding carboxylic acids is 4. The summed E-state index contributed by atoms with van der Waals surface area (Å²) >= 11 is 1.44. The van der Waals surface area contributed by atoms with Crippen molar-refractivity contribution in [3.05, 3.63) is 0 Å². The molecule has 12 nitrogen and oxygen atoms in total. The number of hydrogen-bond acceptors (Lipinski definition) is 8. The van der Waals surface area contributed by atoms with Crippen molar-refractivity contribution in [3.63, 3.8) is 0 Å². The van der Waals surface area contributed by atoms with Crippen molar-refractivity contribution in [3.8, 4) is 0 Å². The molecule has 0 spiro atoms. The number of carboxylic acid groups (broad SMARTS) is 1. The van der Waals surface area contributed by atoms with Gasteiger partial charge in [-0.3, -0.25) is 19.2 Å². The molecule has 0 radical (unpaired) electrons. The number of aliphatic hydroxyl groups excluding tert-OH is 1. The number of carboxylic acids is 1. The first-order valence-electron chi connectivity index (χ1n) is 9.40. The highest BCUT2D eigenvalue weighted by Crippen LogP contribution is 2.20. The lowest BCUT2D eigenvalue weighted by molar-refractivity contribution is -0.145. The van der Waals surface area contributed by atoms with Crippen LogP contribution in [0.3, 0.4) is 0 Å². The summed E-state index contributed by atoms with van der Waals surface area (Å²) < 4.78 is 0. The number of carbonyl (C=O) groups is 5. The van der Waals surface area contributed by atoms with Crippen LogP contribution in [0.4, 0.5) is 0 Å². The van der Waals surface area contributed by atoms with Crippen molar-refractivity contribution in [2.45, 2.75) is 49.9 Å². The fraction of sp³-hybridized carbons (Fsp3) is 0.706. The van der Waals surface area contributed by atoms with E-state index in [0.29, 0.717) is 18.6 Å². The Hall–Kier alpha value is -2.38. The second-order valence-electron chi connectivity index (χ2n) is 6.89. The van der Waals surface area contributed by atoms with Crippen molar-refractivity contribution in [1.82, 2.24) is 15.5 Å². The van der Waals surface area contributed by atoms with Crippen LogP contribution in [0.15, 0.2) is 0 Å². The molecule has 0 aliphatic carbocycles. The monoisotopic (exact) mass is 447 g/mol. The third-order valence-electron chi connectivity index (χ3n) is 4.62. The molecule has 0 saturated carbocycles. The van der Waals surface area contributed by atoms with E-state index >= 15 is 0 Å². The third-order valence-corrected chi connectivity index (χ3v) is 5.26. The van der Waals surface area contributed by atoms with E-state index in [-0.39, 0.29) is 13.0 Å². The molecular formula is C17H29N5O7S. The van der Waals surface area contributed by atoms with Crippen LogP contribution >= 0.6 is 11.8 Å². The Morgan fingerprint density at radius 2 is 1.87 bits per heavy atom. The van der Waals surface area contributed by atoms with Gasteiger partial charge in [-0.25, -0.2) is 4.79 Å². The summed E-state index contributed by atoms with van der Waals surface area (Å²) in [6.45, 7) is -0.471. The van der Waals surface area contributed by atoms with Crippen LogP contribution in [0.2, 0.25) is 0 Å². The molecule has 0 aromatic carbocycles. The highest BCUT2D eigenvalue weighted by Gasteiger charge is 2.39. The summed E-state index contributed by atoms with van der Waals surface area (Å²) in [5.74, 6) is -3.67. The van der Waals surface area contributed by atoms with Crippen molar-refractivity contribution in [2.24, 2.45) is 11.5 Å². The number of likely N-dealkylation sites (tertiary alicyclic amines) is 1. The molecular weight excluding hydrogens is 418 g/mol. The summed E-state index contributed by atoms with van der Waals surface area (Å²) in [7, 11) is 0. The van der Waals surface area contributed by atoms with Crippen LogP contribution < -0.4 is 22.1 Å². The topological polar surface area (TPSA) is 205 Å². The smallest absolute Gasteiger partial charge is 0.326 e. The van der Waals surface area contributed by atoms with Gasteiger partial charge in [-0.05, 0) is 31.3 Å². The van der Waals surface area contributed by atoms with Gasteiger partial charge in [0.25, 0.3) is 0 Å². The minimum absolute atomic E-state index is 0.191. The molecule has 4 amide bonds. The number of rotatable bonds is 12. The number of nitrogens with zero attached hydrogens (tertiary/aromatic N) is 1. The van der Waals surface area contributed by atoms with Gasteiger partial charge in [0.2, 0.25) is 23.6 Å². The molecule has 13 heteroatoms. The Balaban J connectivity index is 2.92. The van der Waals surface area contributed by atoms with E-state index in [4.69, 9.17) is 16.6 Å². The number of thioether (sulfide) groups is 1. The minimum Gasteiger partial charge on any atom is -0.480 e. The van der Waals surface area contributed by atoms with Gasteiger partial charge in [-0.1, -0.05) is 0 Å². The molecule has 170 valence electrons. The largest absolute Gasteiger partial charge is 0.480 e. The van der Waals surface area contributed by atoms with Crippen LogP contribution in [0.5, 0.6) is 0 Å². The Kier molecular flexibility index (Phi) is 10.6. The Morgan fingerprint density at radius 3 is 2.40 bits per heavy atom. The van der Waals surface area contributed by atoms with Gasteiger partial charge >= 0.3 is 5.97 Å². The lowest BCUT2D eigenvalue weighted by Gasteiger charge is -2.29. The molecule has 4 atom stereocenters. The maximum Gasteiger partial charge on any atom is 0.326 e. The zero-order chi connectivity index (χ0) is 22.8. The Bertz CT molecular complexity index is 662. The summed E-state index contributed by atoms with van der Waals surface area (Å²) in [6, 6.07) is -4.68. The van der Waals surface area contributed by atoms with Crippen molar-refractivity contribution >= 4 is 41.4 Å². The van der Waals surface area contributed by atoms with Crippen LogP contribution in [0, 0.1) is 0 Å². The number of nitrogens with two attached hydrogens (primary N) is 2. The lowest BCUT2D eigenvalue weighted by Crippen LogP contribution is -2.57. The first-order chi connectivity index (χ1) is 14.1. The van der Waals surface area contributed by atoms with Crippen molar-refractivity contribution < 1.29 is 34.2 Å². The SMILES string of the molecule is CSCCC(NC(=O)C1CCCN1C(=O)C(CC(N)=O)NC(=O)C(N)CO)C(=O)O. The van der Waals surface area contributed by atoms with Crippen molar-refractivity contribution in [2.75, 3.05) is 25.2 Å². The summed E-state index contributed by atoms with van der Waals surface area (Å²) in [6.07, 6.45) is 2.31. The summed E-state index contributed by atoms with van der Waals surface area (Å²) in [5, 5.41) is 23.0. The lowest BCUT2D eigenvalue weighted by atomic mass is 10.1. The second-order valence-corrected chi connectivity index (χ2v) is 7.88. The van der Waals surface area contributed by atoms with Gasteiger partial charge < -0.3 is 37.2 Å². The van der Waals surface area contributed by atoms with Gasteiger partial charge in [0.15, 0.2) is 0 Å². The van der Waals surface area contributed by atoms with Crippen LogP contribution in [-0.4, -0.2) is 94.0 Å². The van der Waals surface area contributed by atoms with Crippen LogP contribution in [-0.2, 0) is 24.0 Å². The van der Waals surface area contributed by atoms with Crippen LogP contribution in [0.25, 0.3) is 0 Å². The number of nitrogens with one attached hydrogen (secondary N) is 2. The molecule has 1 saturated heterocycles. The predicted molar refractivity (Wildman–Crippen MR) is 108 cm³/mol. The standard InChI is InChI=1S/C17H29N5O7S/c1-30-6-4-10(17(28)29)20-15(26)12-3-2-5-22(12)16(27)11(7-13(19)24)21-14(25)9(18)8-23/h9-12,23H,2-8,18H2,1H3,(H2,19,24)(H,20,26)(H,21,25)(H,28,29). The number of amides is 4. The maximum atomic E-state index is 12.9. The predicted octanol–water partition coefficient (Wildman–Crippen LogP) is -3.02. The zero-order valence-corrected chi connectivity index (χ0v) is 17.5. The third kappa shape index (κ3) is 7.46. The molecule has 0 bridgehead atoms. The number of aliphatic hydroxyl groups is 1. The molecule has 30 heavy (non-hydrogen) atoms. The highest BCUT2D eigenvalue weighted by molar-refractivity contribution is 7.98. The van der Waals surface area contributed by atoms with E-state index in [1.54, 1.807) is 0 Å². The highest BCUT2D eigenvalue weighted by atomic mass is 32.2. The fourth-order valence-electron chi connectivity index (χ4n) is 3.03. The van der Waals surface area contributed by atoms with Gasteiger partial charge in [0.1, 0.15) is 24.2 Å². The van der Waals surface area contributed by atoms with E-state index in [1.807, 2.05) is 6.26 Å². The first kappa shape index (κ1) is 25.7. The van der Waals surface area contributed by atoms with E-state index in [0.717, 1.165) is 0 Å². The Labute approximate surface area is 178 Å². The zero-order valence-electron chi connectivity index (χ0n) is 16.7. The normalized spacial score (nSPS) is 18.9. The molecule has 8 N–H and O–H groups in total. The van der Waals surface area contributed by atoms with Gasteiger partial charge in [-0.15, -0.1) is 0 Å². The minimum atomic E-state index is -1.35. The molecule has 1 heterocycles. The number of hydrogen-bond donors (Lipinski definition) is 6. The fourth-order valence-corrected chi connectivity index (χ4v) is 3.50. The molecule has 1 rings (SSSR count). The quantitative estimate of drug-likeness (QED) is 0.180. The average Bonchev–Trinajstić information content (AvgIpc) is 3.18. The maximum absolute atomic E-state index is 12.9. The average molecular weight is 448 g/mol.